The normalized spacial score (nSPS) is 11.5. The lowest BCUT2D eigenvalue weighted by molar-refractivity contribution is 0.890. The molecule has 0 atom stereocenters. The summed E-state index contributed by atoms with van der Waals surface area (Å²) < 4.78 is 1.57. The Labute approximate surface area is 74.4 Å². The minimum absolute atomic E-state index is 0.119. The summed E-state index contributed by atoms with van der Waals surface area (Å²) in [6.45, 7) is 9.13. The van der Waals surface area contributed by atoms with Crippen LogP contribution in [0, 0.1) is 0 Å². The summed E-state index contributed by atoms with van der Waals surface area (Å²) in [4.78, 5) is 1.52. The van der Waals surface area contributed by atoms with Crippen molar-refractivity contribution in [2.75, 3.05) is 13.3 Å². The molecule has 0 N–H and O–H groups in total. The zero-order valence-corrected chi connectivity index (χ0v) is 9.30. The van der Waals surface area contributed by atoms with Crippen LogP contribution in [0.25, 0.3) is 0 Å². The Hall–Kier alpha value is 0.130. The number of thiophene rings is 1. The predicted molar refractivity (Wildman–Crippen MR) is 56.8 cm³/mol. The molecule has 62 valence electrons. The zero-order valence-electron chi connectivity index (χ0n) is 7.59. The highest BCUT2D eigenvalue weighted by Crippen LogP contribution is 2.30. The van der Waals surface area contributed by atoms with E-state index in [4.69, 9.17) is 0 Å². The van der Waals surface area contributed by atoms with E-state index in [9.17, 15) is 0 Å². The summed E-state index contributed by atoms with van der Waals surface area (Å²) in [6, 6.07) is 4.55. The summed E-state index contributed by atoms with van der Waals surface area (Å²) in [5, 5.41) is 0. The first-order chi connectivity index (χ1) is 5.11. The number of hydrogen-bond donors (Lipinski definition) is 0. The quantitative estimate of drug-likeness (QED) is 0.622. The lowest BCUT2D eigenvalue weighted by Gasteiger charge is -2.00. The number of rotatable bonds is 2. The molecule has 0 aliphatic rings. The Morgan fingerprint density at radius 1 is 1.27 bits per heavy atom. The Morgan fingerprint density at radius 3 is 2.18 bits per heavy atom. The van der Waals surface area contributed by atoms with Crippen molar-refractivity contribution in [2.45, 2.75) is 19.8 Å². The molecular formula is C9H15PS. The Bertz CT molecular complexity index is 203. The molecule has 0 spiro atoms. The van der Waals surface area contributed by atoms with E-state index < -0.39 is 0 Å². The first-order valence-electron chi connectivity index (χ1n) is 3.88. The fraction of sp³-hybridized carbons (Fsp3) is 0.556. The van der Waals surface area contributed by atoms with Crippen LogP contribution in [0.2, 0.25) is 0 Å². The van der Waals surface area contributed by atoms with Crippen molar-refractivity contribution in [1.29, 1.82) is 0 Å². The molecule has 0 aliphatic heterocycles. The topological polar surface area (TPSA) is 0 Å². The minimum Gasteiger partial charge on any atom is -0.140 e. The molecular weight excluding hydrogens is 171 g/mol. The smallest absolute Gasteiger partial charge is 0.0276 e. The highest BCUT2D eigenvalue weighted by atomic mass is 32.1. The molecule has 0 bridgehead atoms. The van der Waals surface area contributed by atoms with Gasteiger partial charge in [0.2, 0.25) is 0 Å². The number of hydrogen-bond acceptors (Lipinski definition) is 1. The van der Waals surface area contributed by atoms with Crippen molar-refractivity contribution < 1.29 is 0 Å². The van der Waals surface area contributed by atoms with Crippen molar-refractivity contribution in [3.63, 3.8) is 0 Å². The first-order valence-corrected chi connectivity index (χ1v) is 6.93. The highest BCUT2D eigenvalue weighted by Gasteiger charge is 2.05. The molecule has 11 heavy (non-hydrogen) atoms. The maximum absolute atomic E-state index is 2.31. The van der Waals surface area contributed by atoms with E-state index in [1.54, 1.807) is 4.62 Å². The van der Waals surface area contributed by atoms with Gasteiger partial charge in [0.05, 0.1) is 0 Å². The standard InChI is InChI=1S/C9H15PS/c1-7(2)8-5-6-9(11-8)10(3)4/h5-7H,1-4H3. The van der Waals surface area contributed by atoms with Gasteiger partial charge >= 0.3 is 0 Å². The van der Waals surface area contributed by atoms with Crippen LogP contribution in [0.15, 0.2) is 12.1 Å². The first kappa shape index (κ1) is 9.22. The molecule has 1 aromatic rings. The maximum Gasteiger partial charge on any atom is 0.0276 e. The van der Waals surface area contributed by atoms with Crippen molar-refractivity contribution in [3.05, 3.63) is 17.0 Å². The fourth-order valence-corrected chi connectivity index (χ4v) is 3.06. The monoisotopic (exact) mass is 186 g/mol. The van der Waals surface area contributed by atoms with Gasteiger partial charge in [-0.05, 0) is 31.4 Å². The molecule has 0 radical (unpaired) electrons. The maximum atomic E-state index is 2.31. The summed E-state index contributed by atoms with van der Waals surface area (Å²) in [5.74, 6) is 0.698. The Morgan fingerprint density at radius 2 is 1.91 bits per heavy atom. The van der Waals surface area contributed by atoms with Crippen molar-refractivity contribution in [3.8, 4) is 0 Å². The van der Waals surface area contributed by atoms with E-state index in [0.29, 0.717) is 5.92 Å². The molecule has 0 saturated carbocycles. The molecule has 1 aromatic heterocycles. The van der Waals surface area contributed by atoms with E-state index in [1.807, 2.05) is 11.3 Å². The van der Waals surface area contributed by atoms with Crippen LogP contribution in [0.5, 0.6) is 0 Å². The molecule has 0 aliphatic carbocycles. The molecule has 0 nitrogen and oxygen atoms in total. The largest absolute Gasteiger partial charge is 0.140 e. The molecule has 0 unspecified atom stereocenters. The van der Waals surface area contributed by atoms with Gasteiger partial charge in [0, 0.05) is 9.50 Å². The summed E-state index contributed by atoms with van der Waals surface area (Å²) in [5.41, 5.74) is 0. The van der Waals surface area contributed by atoms with Gasteiger partial charge in [-0.1, -0.05) is 21.8 Å². The van der Waals surface area contributed by atoms with E-state index in [-0.39, 0.29) is 7.92 Å². The second kappa shape index (κ2) is 3.69. The minimum atomic E-state index is 0.119. The Kier molecular flexibility index (Phi) is 3.09. The average molecular weight is 186 g/mol. The molecule has 0 saturated heterocycles. The van der Waals surface area contributed by atoms with E-state index >= 15 is 0 Å². The van der Waals surface area contributed by atoms with Gasteiger partial charge < -0.3 is 0 Å². The molecule has 2 heteroatoms. The highest BCUT2D eigenvalue weighted by molar-refractivity contribution is 7.70. The van der Waals surface area contributed by atoms with Crippen LogP contribution >= 0.6 is 19.3 Å². The van der Waals surface area contributed by atoms with Crippen LogP contribution in [0.1, 0.15) is 24.6 Å². The SMILES string of the molecule is CC(C)c1ccc(P(C)C)s1. The van der Waals surface area contributed by atoms with E-state index in [2.05, 4.69) is 39.3 Å². The summed E-state index contributed by atoms with van der Waals surface area (Å²) >= 11 is 1.98. The Balaban J connectivity index is 2.82. The van der Waals surface area contributed by atoms with Gasteiger partial charge in [0.25, 0.3) is 0 Å². The fourth-order valence-electron chi connectivity index (χ4n) is 0.893. The summed E-state index contributed by atoms with van der Waals surface area (Å²) in [6.07, 6.45) is 0. The second-order valence-electron chi connectivity index (χ2n) is 3.23. The van der Waals surface area contributed by atoms with Crippen LogP contribution in [-0.4, -0.2) is 13.3 Å². The molecule has 0 amide bonds. The van der Waals surface area contributed by atoms with Gasteiger partial charge in [-0.15, -0.1) is 11.3 Å². The lowest BCUT2D eigenvalue weighted by atomic mass is 10.2. The van der Waals surface area contributed by atoms with E-state index in [0.717, 1.165) is 0 Å². The van der Waals surface area contributed by atoms with Crippen molar-refractivity contribution in [1.82, 2.24) is 0 Å². The van der Waals surface area contributed by atoms with Gasteiger partial charge in [-0.2, -0.15) is 0 Å². The summed E-state index contributed by atoms with van der Waals surface area (Å²) in [7, 11) is 0.119. The third-order valence-electron chi connectivity index (χ3n) is 1.62. The molecule has 1 rings (SSSR count). The van der Waals surface area contributed by atoms with Crippen molar-refractivity contribution in [2.24, 2.45) is 0 Å². The van der Waals surface area contributed by atoms with Crippen LogP contribution in [0.4, 0.5) is 0 Å². The van der Waals surface area contributed by atoms with Gasteiger partial charge in [0.1, 0.15) is 0 Å². The van der Waals surface area contributed by atoms with Crippen LogP contribution in [0.3, 0.4) is 0 Å². The van der Waals surface area contributed by atoms with E-state index in [1.165, 1.54) is 4.88 Å². The van der Waals surface area contributed by atoms with Gasteiger partial charge in [0.15, 0.2) is 0 Å². The predicted octanol–water partition coefficient (Wildman–Crippen LogP) is 3.24. The third-order valence-corrected chi connectivity index (χ3v) is 5.21. The molecule has 0 fully saturated rings. The molecule has 1 heterocycles. The van der Waals surface area contributed by atoms with Crippen molar-refractivity contribution >= 4 is 23.9 Å². The third kappa shape index (κ3) is 2.28. The zero-order chi connectivity index (χ0) is 8.43. The lowest BCUT2D eigenvalue weighted by Crippen LogP contribution is -1.88. The molecule has 0 aromatic carbocycles. The average Bonchev–Trinajstić information content (AvgIpc) is 2.33. The van der Waals surface area contributed by atoms with Crippen LogP contribution in [-0.2, 0) is 0 Å². The van der Waals surface area contributed by atoms with Gasteiger partial charge in [-0.3, -0.25) is 0 Å². The van der Waals surface area contributed by atoms with Crippen LogP contribution < -0.4 is 4.62 Å². The second-order valence-corrected chi connectivity index (χ2v) is 6.91. The van der Waals surface area contributed by atoms with Gasteiger partial charge in [-0.25, -0.2) is 0 Å².